The number of hydrogen-bond acceptors (Lipinski definition) is 1. The maximum Gasteiger partial charge on any atom is 0.124 e. The molecule has 0 aromatic heterocycles. The van der Waals surface area contributed by atoms with Gasteiger partial charge in [-0.2, -0.15) is 0 Å². The number of rotatable bonds is 3. The van der Waals surface area contributed by atoms with E-state index in [4.69, 9.17) is 11.6 Å². The van der Waals surface area contributed by atoms with E-state index >= 15 is 0 Å². The van der Waals surface area contributed by atoms with Crippen molar-refractivity contribution in [3.63, 3.8) is 0 Å². The molecule has 2 rings (SSSR count). The summed E-state index contributed by atoms with van der Waals surface area (Å²) in [5.74, 6) is -0.248. The van der Waals surface area contributed by atoms with Gasteiger partial charge in [-0.15, -0.1) is 0 Å². The predicted octanol–water partition coefficient (Wildman–Crippen LogP) is 5.72. The molecule has 19 heavy (non-hydrogen) atoms. The standard InChI is InChI=1S/C15H14BrClFN/c1-9-3-4-11(17)7-15(9)19-10(2)13-6-5-12(18)8-14(13)16/h3-8,10,19H,1-2H3. The Morgan fingerprint density at radius 2 is 1.95 bits per heavy atom. The Hall–Kier alpha value is -1.06. The third kappa shape index (κ3) is 3.48. The summed E-state index contributed by atoms with van der Waals surface area (Å²) in [4.78, 5) is 0. The summed E-state index contributed by atoms with van der Waals surface area (Å²) in [5.41, 5.74) is 3.10. The van der Waals surface area contributed by atoms with Crippen LogP contribution in [0.5, 0.6) is 0 Å². The molecule has 1 unspecified atom stereocenters. The minimum atomic E-state index is -0.248. The lowest BCUT2D eigenvalue weighted by molar-refractivity contribution is 0.625. The molecule has 0 bridgehead atoms. The Kier molecular flexibility index (Phi) is 4.48. The maximum atomic E-state index is 13.1. The first-order valence-corrected chi connectivity index (χ1v) is 7.12. The summed E-state index contributed by atoms with van der Waals surface area (Å²) in [6.45, 7) is 4.05. The van der Waals surface area contributed by atoms with Crippen molar-refractivity contribution in [2.75, 3.05) is 5.32 Å². The third-order valence-corrected chi connectivity index (χ3v) is 3.92. The number of benzene rings is 2. The average molecular weight is 343 g/mol. The van der Waals surface area contributed by atoms with E-state index in [1.807, 2.05) is 32.0 Å². The molecule has 1 N–H and O–H groups in total. The zero-order chi connectivity index (χ0) is 14.0. The molecule has 0 saturated heterocycles. The minimum absolute atomic E-state index is 0.0483. The number of hydrogen-bond donors (Lipinski definition) is 1. The lowest BCUT2D eigenvalue weighted by Gasteiger charge is -2.19. The molecule has 0 aliphatic carbocycles. The van der Waals surface area contributed by atoms with Crippen LogP contribution < -0.4 is 5.32 Å². The molecular weight excluding hydrogens is 329 g/mol. The van der Waals surface area contributed by atoms with Crippen LogP contribution in [0, 0.1) is 12.7 Å². The molecule has 1 nitrogen and oxygen atoms in total. The molecule has 2 aromatic carbocycles. The van der Waals surface area contributed by atoms with Crippen LogP contribution in [0.15, 0.2) is 40.9 Å². The highest BCUT2D eigenvalue weighted by atomic mass is 79.9. The van der Waals surface area contributed by atoms with E-state index in [1.54, 1.807) is 6.07 Å². The quantitative estimate of drug-likeness (QED) is 0.752. The summed E-state index contributed by atoms with van der Waals surface area (Å²) >= 11 is 9.39. The number of halogens is 3. The monoisotopic (exact) mass is 341 g/mol. The smallest absolute Gasteiger partial charge is 0.124 e. The molecule has 0 heterocycles. The average Bonchev–Trinajstić information content (AvgIpc) is 2.33. The van der Waals surface area contributed by atoms with E-state index in [9.17, 15) is 4.39 Å². The van der Waals surface area contributed by atoms with Crippen molar-refractivity contribution in [3.05, 3.63) is 62.8 Å². The summed E-state index contributed by atoms with van der Waals surface area (Å²) < 4.78 is 13.8. The lowest BCUT2D eigenvalue weighted by Crippen LogP contribution is -2.08. The Bertz CT molecular complexity index is 601. The van der Waals surface area contributed by atoms with Gasteiger partial charge in [-0.3, -0.25) is 0 Å². The fourth-order valence-electron chi connectivity index (χ4n) is 1.91. The van der Waals surface area contributed by atoms with Gasteiger partial charge in [0, 0.05) is 21.2 Å². The Labute approximate surface area is 125 Å². The van der Waals surface area contributed by atoms with Gasteiger partial charge in [0.05, 0.1) is 0 Å². The van der Waals surface area contributed by atoms with Crippen LogP contribution in [0.4, 0.5) is 10.1 Å². The highest BCUT2D eigenvalue weighted by Gasteiger charge is 2.11. The second kappa shape index (κ2) is 5.93. The SMILES string of the molecule is Cc1ccc(Cl)cc1NC(C)c1ccc(F)cc1Br. The molecule has 0 amide bonds. The predicted molar refractivity (Wildman–Crippen MR) is 82.3 cm³/mol. The first kappa shape index (κ1) is 14.4. The van der Waals surface area contributed by atoms with E-state index in [-0.39, 0.29) is 11.9 Å². The van der Waals surface area contributed by atoms with Crippen molar-refractivity contribution < 1.29 is 4.39 Å². The maximum absolute atomic E-state index is 13.1. The van der Waals surface area contributed by atoms with Gasteiger partial charge in [0.2, 0.25) is 0 Å². The molecule has 4 heteroatoms. The van der Waals surface area contributed by atoms with Crippen LogP contribution in [0.2, 0.25) is 5.02 Å². The summed E-state index contributed by atoms with van der Waals surface area (Å²) in [6.07, 6.45) is 0. The fraction of sp³-hybridized carbons (Fsp3) is 0.200. The van der Waals surface area contributed by atoms with Crippen molar-refractivity contribution in [1.82, 2.24) is 0 Å². The van der Waals surface area contributed by atoms with Crippen LogP contribution in [0.3, 0.4) is 0 Å². The Morgan fingerprint density at radius 1 is 1.21 bits per heavy atom. The Morgan fingerprint density at radius 3 is 2.63 bits per heavy atom. The molecule has 0 saturated carbocycles. The van der Waals surface area contributed by atoms with E-state index in [0.717, 1.165) is 21.3 Å². The number of anilines is 1. The molecular formula is C15H14BrClFN. The first-order valence-electron chi connectivity index (χ1n) is 5.95. The van der Waals surface area contributed by atoms with Crippen molar-refractivity contribution in [1.29, 1.82) is 0 Å². The zero-order valence-corrected chi connectivity index (χ0v) is 13.0. The van der Waals surface area contributed by atoms with Gasteiger partial charge < -0.3 is 5.32 Å². The van der Waals surface area contributed by atoms with Crippen LogP contribution in [0.25, 0.3) is 0 Å². The van der Waals surface area contributed by atoms with Gasteiger partial charge in [0.1, 0.15) is 5.82 Å². The van der Waals surface area contributed by atoms with E-state index in [0.29, 0.717) is 5.02 Å². The van der Waals surface area contributed by atoms with Crippen LogP contribution in [-0.2, 0) is 0 Å². The first-order chi connectivity index (χ1) is 8.97. The number of aryl methyl sites for hydroxylation is 1. The highest BCUT2D eigenvalue weighted by Crippen LogP contribution is 2.29. The normalized spacial score (nSPS) is 12.3. The molecule has 0 aliphatic heterocycles. The molecule has 100 valence electrons. The van der Waals surface area contributed by atoms with Gasteiger partial charge in [-0.05, 0) is 49.2 Å². The van der Waals surface area contributed by atoms with Gasteiger partial charge in [0.25, 0.3) is 0 Å². The van der Waals surface area contributed by atoms with Crippen molar-refractivity contribution in [2.24, 2.45) is 0 Å². The zero-order valence-electron chi connectivity index (χ0n) is 10.7. The van der Waals surface area contributed by atoms with E-state index in [1.165, 1.54) is 12.1 Å². The van der Waals surface area contributed by atoms with Crippen molar-refractivity contribution in [2.45, 2.75) is 19.9 Å². The van der Waals surface area contributed by atoms with Gasteiger partial charge >= 0.3 is 0 Å². The largest absolute Gasteiger partial charge is 0.378 e. The topological polar surface area (TPSA) is 12.0 Å². The number of nitrogens with one attached hydrogen (secondary N) is 1. The minimum Gasteiger partial charge on any atom is -0.378 e. The summed E-state index contributed by atoms with van der Waals surface area (Å²) in [6, 6.07) is 10.5. The van der Waals surface area contributed by atoms with Crippen LogP contribution >= 0.6 is 27.5 Å². The Balaban J connectivity index is 2.25. The van der Waals surface area contributed by atoms with E-state index in [2.05, 4.69) is 21.2 Å². The molecule has 0 fully saturated rings. The molecule has 0 aliphatic rings. The highest BCUT2D eigenvalue weighted by molar-refractivity contribution is 9.10. The third-order valence-electron chi connectivity index (χ3n) is 3.00. The molecule has 1 atom stereocenters. The van der Waals surface area contributed by atoms with Crippen molar-refractivity contribution >= 4 is 33.2 Å². The molecule has 0 radical (unpaired) electrons. The second-order valence-electron chi connectivity index (χ2n) is 4.49. The van der Waals surface area contributed by atoms with Gasteiger partial charge in [0.15, 0.2) is 0 Å². The lowest BCUT2D eigenvalue weighted by atomic mass is 10.1. The summed E-state index contributed by atoms with van der Waals surface area (Å²) in [7, 11) is 0. The van der Waals surface area contributed by atoms with Gasteiger partial charge in [-0.1, -0.05) is 39.7 Å². The summed E-state index contributed by atoms with van der Waals surface area (Å²) in [5, 5.41) is 4.08. The van der Waals surface area contributed by atoms with Crippen molar-refractivity contribution in [3.8, 4) is 0 Å². The second-order valence-corrected chi connectivity index (χ2v) is 5.78. The van der Waals surface area contributed by atoms with Crippen LogP contribution in [0.1, 0.15) is 24.1 Å². The molecule has 2 aromatic rings. The van der Waals surface area contributed by atoms with E-state index < -0.39 is 0 Å². The molecule has 0 spiro atoms. The fourth-order valence-corrected chi connectivity index (χ4v) is 2.78. The van der Waals surface area contributed by atoms with Crippen LogP contribution in [-0.4, -0.2) is 0 Å². The van der Waals surface area contributed by atoms with Gasteiger partial charge in [-0.25, -0.2) is 4.39 Å².